The third-order valence-corrected chi connectivity index (χ3v) is 2.79. The SMILES string of the molecule is CCCN(CCC)CC(=O)c1cccc(C)c1. The van der Waals surface area contributed by atoms with E-state index in [2.05, 4.69) is 18.7 Å². The average molecular weight is 233 g/mol. The second kappa shape index (κ2) is 7.23. The molecule has 0 heterocycles. The number of hydrogen-bond donors (Lipinski definition) is 0. The number of carbonyl (C=O) groups is 1. The summed E-state index contributed by atoms with van der Waals surface area (Å²) in [4.78, 5) is 14.4. The van der Waals surface area contributed by atoms with E-state index in [1.807, 2.05) is 31.2 Å². The molecule has 2 heteroatoms. The molecule has 0 saturated heterocycles. The molecule has 17 heavy (non-hydrogen) atoms. The molecule has 0 amide bonds. The molecule has 0 radical (unpaired) electrons. The van der Waals surface area contributed by atoms with Crippen molar-refractivity contribution in [2.75, 3.05) is 19.6 Å². The number of carbonyl (C=O) groups excluding carboxylic acids is 1. The van der Waals surface area contributed by atoms with Gasteiger partial charge >= 0.3 is 0 Å². The lowest BCUT2D eigenvalue weighted by Gasteiger charge is -2.19. The molecule has 0 aliphatic rings. The summed E-state index contributed by atoms with van der Waals surface area (Å²) in [6.45, 7) is 8.88. The Morgan fingerprint density at radius 3 is 2.35 bits per heavy atom. The van der Waals surface area contributed by atoms with Crippen molar-refractivity contribution in [2.45, 2.75) is 33.6 Å². The van der Waals surface area contributed by atoms with Crippen LogP contribution in [0.1, 0.15) is 42.6 Å². The Morgan fingerprint density at radius 1 is 1.18 bits per heavy atom. The Labute approximate surface area is 105 Å². The van der Waals surface area contributed by atoms with Crippen LogP contribution in [-0.2, 0) is 0 Å². The van der Waals surface area contributed by atoms with Gasteiger partial charge in [-0.15, -0.1) is 0 Å². The van der Waals surface area contributed by atoms with E-state index in [4.69, 9.17) is 0 Å². The molecule has 1 aromatic carbocycles. The fourth-order valence-electron chi connectivity index (χ4n) is 2.02. The minimum Gasteiger partial charge on any atom is -0.296 e. The second-order valence-corrected chi connectivity index (χ2v) is 4.57. The number of ketones is 1. The first-order chi connectivity index (χ1) is 8.17. The van der Waals surface area contributed by atoms with E-state index in [-0.39, 0.29) is 5.78 Å². The Kier molecular flexibility index (Phi) is 5.92. The molecule has 94 valence electrons. The van der Waals surface area contributed by atoms with Crippen molar-refractivity contribution < 1.29 is 4.79 Å². The summed E-state index contributed by atoms with van der Waals surface area (Å²) in [5.74, 6) is 0.232. The summed E-state index contributed by atoms with van der Waals surface area (Å²) in [6.07, 6.45) is 2.20. The van der Waals surface area contributed by atoms with Gasteiger partial charge in [-0.3, -0.25) is 9.69 Å². The first-order valence-corrected chi connectivity index (χ1v) is 6.49. The van der Waals surface area contributed by atoms with E-state index in [1.165, 1.54) is 0 Å². The van der Waals surface area contributed by atoms with Crippen molar-refractivity contribution in [3.8, 4) is 0 Å². The van der Waals surface area contributed by atoms with Crippen molar-refractivity contribution in [1.29, 1.82) is 0 Å². The van der Waals surface area contributed by atoms with Crippen LogP contribution in [0.5, 0.6) is 0 Å². The van der Waals surface area contributed by atoms with E-state index < -0.39 is 0 Å². The highest BCUT2D eigenvalue weighted by Crippen LogP contribution is 2.06. The quantitative estimate of drug-likeness (QED) is 0.673. The van der Waals surface area contributed by atoms with E-state index in [9.17, 15) is 4.79 Å². The predicted molar refractivity (Wildman–Crippen MR) is 72.5 cm³/mol. The van der Waals surface area contributed by atoms with Gasteiger partial charge < -0.3 is 0 Å². The minimum atomic E-state index is 0.232. The fraction of sp³-hybridized carbons (Fsp3) is 0.533. The van der Waals surface area contributed by atoms with Crippen LogP contribution >= 0.6 is 0 Å². The lowest BCUT2D eigenvalue weighted by Crippen LogP contribution is -2.31. The van der Waals surface area contributed by atoms with Gasteiger partial charge in [0.1, 0.15) is 0 Å². The number of benzene rings is 1. The average Bonchev–Trinajstić information content (AvgIpc) is 2.29. The van der Waals surface area contributed by atoms with Crippen molar-refractivity contribution in [1.82, 2.24) is 4.90 Å². The highest BCUT2D eigenvalue weighted by molar-refractivity contribution is 5.97. The Balaban J connectivity index is 2.63. The normalized spacial score (nSPS) is 10.8. The summed E-state index contributed by atoms with van der Waals surface area (Å²) in [7, 11) is 0. The predicted octanol–water partition coefficient (Wildman–Crippen LogP) is 3.30. The first kappa shape index (κ1) is 13.9. The van der Waals surface area contributed by atoms with Crippen molar-refractivity contribution in [2.24, 2.45) is 0 Å². The maximum atomic E-state index is 12.1. The zero-order valence-electron chi connectivity index (χ0n) is 11.2. The van der Waals surface area contributed by atoms with Crippen molar-refractivity contribution in [3.63, 3.8) is 0 Å². The molecular formula is C15H23NO. The van der Waals surface area contributed by atoms with Crippen LogP contribution in [0.3, 0.4) is 0 Å². The van der Waals surface area contributed by atoms with Gasteiger partial charge in [-0.05, 0) is 38.9 Å². The fourth-order valence-corrected chi connectivity index (χ4v) is 2.02. The van der Waals surface area contributed by atoms with Crippen LogP contribution in [0.25, 0.3) is 0 Å². The zero-order chi connectivity index (χ0) is 12.7. The van der Waals surface area contributed by atoms with Crippen LogP contribution in [0.4, 0.5) is 0 Å². The highest BCUT2D eigenvalue weighted by atomic mass is 16.1. The van der Waals surface area contributed by atoms with E-state index >= 15 is 0 Å². The molecule has 0 saturated carbocycles. The minimum absolute atomic E-state index is 0.232. The third kappa shape index (κ3) is 4.70. The van der Waals surface area contributed by atoms with Gasteiger partial charge in [0.25, 0.3) is 0 Å². The number of rotatable bonds is 7. The monoisotopic (exact) mass is 233 g/mol. The molecule has 0 N–H and O–H groups in total. The zero-order valence-corrected chi connectivity index (χ0v) is 11.2. The first-order valence-electron chi connectivity index (χ1n) is 6.49. The van der Waals surface area contributed by atoms with Crippen LogP contribution in [-0.4, -0.2) is 30.3 Å². The summed E-state index contributed by atoms with van der Waals surface area (Å²) in [5, 5.41) is 0. The topological polar surface area (TPSA) is 20.3 Å². The number of Topliss-reactive ketones (excluding diaryl/α,β-unsaturated/α-hetero) is 1. The lowest BCUT2D eigenvalue weighted by molar-refractivity contribution is 0.0930. The molecule has 0 aliphatic carbocycles. The molecule has 0 atom stereocenters. The Morgan fingerprint density at radius 2 is 1.82 bits per heavy atom. The van der Waals surface area contributed by atoms with Crippen LogP contribution in [0.15, 0.2) is 24.3 Å². The molecule has 1 aromatic rings. The molecule has 0 unspecified atom stereocenters. The number of aryl methyl sites for hydroxylation is 1. The Hall–Kier alpha value is -1.15. The van der Waals surface area contributed by atoms with Gasteiger partial charge in [-0.25, -0.2) is 0 Å². The summed E-state index contributed by atoms with van der Waals surface area (Å²) >= 11 is 0. The molecule has 0 fully saturated rings. The molecule has 2 nitrogen and oxygen atoms in total. The summed E-state index contributed by atoms with van der Waals surface area (Å²) in [5.41, 5.74) is 1.98. The van der Waals surface area contributed by atoms with Gasteiger partial charge in [-0.2, -0.15) is 0 Å². The number of nitrogens with zero attached hydrogens (tertiary/aromatic N) is 1. The van der Waals surface area contributed by atoms with Crippen LogP contribution in [0, 0.1) is 6.92 Å². The van der Waals surface area contributed by atoms with Gasteiger partial charge in [0.2, 0.25) is 0 Å². The molecule has 0 bridgehead atoms. The Bertz CT molecular complexity index is 354. The molecule has 0 aliphatic heterocycles. The summed E-state index contributed by atoms with van der Waals surface area (Å²) < 4.78 is 0. The lowest BCUT2D eigenvalue weighted by atomic mass is 10.1. The maximum absolute atomic E-state index is 12.1. The van der Waals surface area contributed by atoms with Crippen molar-refractivity contribution >= 4 is 5.78 Å². The second-order valence-electron chi connectivity index (χ2n) is 4.57. The molecule has 1 rings (SSSR count). The van der Waals surface area contributed by atoms with Gasteiger partial charge in [0, 0.05) is 5.56 Å². The largest absolute Gasteiger partial charge is 0.296 e. The number of hydrogen-bond acceptors (Lipinski definition) is 2. The highest BCUT2D eigenvalue weighted by Gasteiger charge is 2.11. The van der Waals surface area contributed by atoms with E-state index in [1.54, 1.807) is 0 Å². The standard InChI is InChI=1S/C15H23NO/c1-4-9-16(10-5-2)12-15(17)14-8-6-7-13(3)11-14/h6-8,11H,4-5,9-10,12H2,1-3H3. The van der Waals surface area contributed by atoms with Crippen LogP contribution in [0.2, 0.25) is 0 Å². The molecule has 0 aromatic heterocycles. The van der Waals surface area contributed by atoms with E-state index in [0.717, 1.165) is 37.1 Å². The third-order valence-electron chi connectivity index (χ3n) is 2.79. The van der Waals surface area contributed by atoms with Gasteiger partial charge in [0.05, 0.1) is 6.54 Å². The van der Waals surface area contributed by atoms with E-state index in [0.29, 0.717) is 6.54 Å². The van der Waals surface area contributed by atoms with Gasteiger partial charge in [0.15, 0.2) is 5.78 Å². The molecular weight excluding hydrogens is 210 g/mol. The van der Waals surface area contributed by atoms with Crippen LogP contribution < -0.4 is 0 Å². The van der Waals surface area contributed by atoms with Crippen molar-refractivity contribution in [3.05, 3.63) is 35.4 Å². The smallest absolute Gasteiger partial charge is 0.176 e. The molecule has 0 spiro atoms. The maximum Gasteiger partial charge on any atom is 0.176 e. The van der Waals surface area contributed by atoms with Gasteiger partial charge in [-0.1, -0.05) is 37.6 Å². The summed E-state index contributed by atoms with van der Waals surface area (Å²) in [6, 6.07) is 7.85.